The third-order valence-corrected chi connectivity index (χ3v) is 11.1. The van der Waals surface area contributed by atoms with Crippen molar-refractivity contribution in [3.8, 4) is 0 Å². The lowest BCUT2D eigenvalue weighted by atomic mass is 9.97. The molecule has 0 radical (unpaired) electrons. The van der Waals surface area contributed by atoms with Gasteiger partial charge in [-0.3, -0.25) is 9.59 Å². The minimum atomic E-state index is -6.77. The second kappa shape index (κ2) is 13.9. The van der Waals surface area contributed by atoms with E-state index in [4.69, 9.17) is 4.43 Å². The average molecular weight is 609 g/mol. The maximum atomic E-state index is 13.9. The van der Waals surface area contributed by atoms with Crippen LogP contribution in [0.15, 0.2) is 0 Å². The normalized spacial score (nSPS) is 21.2. The van der Waals surface area contributed by atoms with Gasteiger partial charge in [0.2, 0.25) is 0 Å². The van der Waals surface area contributed by atoms with E-state index in [0.29, 0.717) is 31.9 Å². The summed E-state index contributed by atoms with van der Waals surface area (Å²) in [6.45, 7) is 0.705. The number of ether oxygens (including phenoxy) is 2. The fourth-order valence-corrected chi connectivity index (χ4v) is 7.55. The third-order valence-electron chi connectivity index (χ3n) is 6.24. The highest BCUT2D eigenvalue weighted by molar-refractivity contribution is 6.71. The highest BCUT2D eigenvalue weighted by atomic mass is 28.4. The molecule has 1 aliphatic heterocycles. The molecule has 1 N–H and O–H groups in total. The maximum absolute atomic E-state index is 13.9. The van der Waals surface area contributed by atoms with Crippen LogP contribution >= 0.6 is 0 Å². The number of alkyl halides is 9. The van der Waals surface area contributed by atoms with E-state index in [1.54, 1.807) is 6.55 Å². The summed E-state index contributed by atoms with van der Waals surface area (Å²) < 4.78 is 130. The largest absolute Gasteiger partial charge is 0.457 e. The van der Waals surface area contributed by atoms with Crippen LogP contribution in [0.5, 0.6) is 0 Å². The standard InChI is InChI=1S/C21H33F9O6Si2/c1-37(10-5-7-15-13-16(31)36-17(15)32)35-9-3-4-11-38(2,33)12-6-8-34-14-18(22,20(25,26)27)19(23,24)21(28,29)30/h15,33,37H,3-14H2,1-2H3. The van der Waals surface area contributed by atoms with Crippen LogP contribution in [0.25, 0.3) is 0 Å². The molecule has 224 valence electrons. The molecule has 0 aromatic rings. The molecule has 0 aromatic carbocycles. The van der Waals surface area contributed by atoms with Crippen molar-refractivity contribution in [1.29, 1.82) is 0 Å². The molecule has 0 spiro atoms. The van der Waals surface area contributed by atoms with Crippen molar-refractivity contribution < 1.29 is 67.8 Å². The lowest BCUT2D eigenvalue weighted by molar-refractivity contribution is -0.390. The van der Waals surface area contributed by atoms with Gasteiger partial charge in [0.1, 0.15) is 0 Å². The molecule has 1 rings (SSSR count). The van der Waals surface area contributed by atoms with Crippen LogP contribution in [0, 0.1) is 5.92 Å². The zero-order valence-corrected chi connectivity index (χ0v) is 23.2. The summed E-state index contributed by atoms with van der Waals surface area (Å²) in [5.41, 5.74) is -5.94. The molecule has 0 amide bonds. The molecule has 17 heteroatoms. The summed E-state index contributed by atoms with van der Waals surface area (Å²) in [6, 6.07) is 1.24. The highest BCUT2D eigenvalue weighted by Crippen LogP contribution is 2.52. The fraction of sp³-hybridized carbons (Fsp3) is 0.905. The van der Waals surface area contributed by atoms with Gasteiger partial charge < -0.3 is 18.7 Å². The van der Waals surface area contributed by atoms with Gasteiger partial charge in [0, 0.05) is 13.2 Å². The van der Waals surface area contributed by atoms with Crippen molar-refractivity contribution in [3.63, 3.8) is 0 Å². The Morgan fingerprint density at radius 3 is 2.08 bits per heavy atom. The van der Waals surface area contributed by atoms with Crippen LogP contribution in [0.1, 0.15) is 38.5 Å². The van der Waals surface area contributed by atoms with E-state index in [-0.39, 0.29) is 18.9 Å². The molecule has 0 aliphatic carbocycles. The summed E-state index contributed by atoms with van der Waals surface area (Å²) >= 11 is 0. The molecule has 0 aromatic heterocycles. The molecule has 1 aliphatic rings. The van der Waals surface area contributed by atoms with Gasteiger partial charge in [-0.05, 0) is 50.5 Å². The number of carbonyl (C=O) groups is 2. The second-order valence-electron chi connectivity index (χ2n) is 9.79. The Balaban J connectivity index is 2.26. The van der Waals surface area contributed by atoms with Crippen molar-refractivity contribution in [2.24, 2.45) is 5.92 Å². The van der Waals surface area contributed by atoms with Crippen LogP contribution < -0.4 is 0 Å². The third kappa shape index (κ3) is 10.1. The Hall–Kier alpha value is -1.18. The SMILES string of the molecule is C[SiH](CCCC1CC(=O)OC1=O)OCCCC[Si](C)(O)CCCOCC(F)(C(F)(F)F)C(F)(F)C(F)(F)F. The summed E-state index contributed by atoms with van der Waals surface area (Å²) in [5.74, 6) is -8.10. The summed E-state index contributed by atoms with van der Waals surface area (Å²) in [7, 11) is -4.37. The van der Waals surface area contributed by atoms with E-state index >= 15 is 0 Å². The molecule has 4 atom stereocenters. The highest BCUT2D eigenvalue weighted by Gasteiger charge is 2.81. The first-order valence-corrected chi connectivity index (χ1v) is 17.4. The zero-order valence-electron chi connectivity index (χ0n) is 21.0. The number of esters is 2. The van der Waals surface area contributed by atoms with E-state index < -0.39 is 72.4 Å². The molecule has 0 saturated carbocycles. The first-order chi connectivity index (χ1) is 17.2. The number of cyclic esters (lactones) is 2. The molecular weight excluding hydrogens is 575 g/mol. The maximum Gasteiger partial charge on any atom is 0.457 e. The first-order valence-electron chi connectivity index (χ1n) is 12.1. The van der Waals surface area contributed by atoms with Gasteiger partial charge in [0.15, 0.2) is 17.4 Å². The molecular formula is C21H33F9O6Si2. The van der Waals surface area contributed by atoms with Gasteiger partial charge in [-0.15, -0.1) is 0 Å². The predicted octanol–water partition coefficient (Wildman–Crippen LogP) is 5.45. The minimum absolute atomic E-state index is 0.0616. The van der Waals surface area contributed by atoms with Crippen molar-refractivity contribution in [2.75, 3.05) is 19.8 Å². The monoisotopic (exact) mass is 608 g/mol. The molecule has 6 nitrogen and oxygen atoms in total. The van der Waals surface area contributed by atoms with Gasteiger partial charge in [-0.1, -0.05) is 12.8 Å². The van der Waals surface area contributed by atoms with Gasteiger partial charge >= 0.3 is 30.2 Å². The number of hydrogen-bond donors (Lipinski definition) is 1. The number of halogens is 9. The molecule has 1 heterocycles. The van der Waals surface area contributed by atoms with Crippen LogP contribution in [0.2, 0.25) is 31.2 Å². The number of rotatable bonds is 17. The second-order valence-corrected chi connectivity index (χ2v) is 16.3. The summed E-state index contributed by atoms with van der Waals surface area (Å²) in [4.78, 5) is 33.0. The molecule has 1 saturated heterocycles. The Bertz CT molecular complexity index is 779. The Labute approximate surface area is 217 Å². The van der Waals surface area contributed by atoms with E-state index in [0.717, 1.165) is 12.5 Å². The van der Waals surface area contributed by atoms with Gasteiger partial charge in [-0.2, -0.15) is 35.1 Å². The van der Waals surface area contributed by atoms with E-state index in [1.807, 2.05) is 6.55 Å². The fourth-order valence-electron chi connectivity index (χ4n) is 3.84. The van der Waals surface area contributed by atoms with Crippen LogP contribution in [0.4, 0.5) is 39.5 Å². The zero-order chi connectivity index (χ0) is 29.4. The van der Waals surface area contributed by atoms with Crippen molar-refractivity contribution in [3.05, 3.63) is 0 Å². The first kappa shape index (κ1) is 34.9. The number of hydrogen-bond acceptors (Lipinski definition) is 6. The Morgan fingerprint density at radius 1 is 0.947 bits per heavy atom. The molecule has 0 bridgehead atoms. The number of unbranched alkanes of at least 4 members (excludes halogenated alkanes) is 1. The van der Waals surface area contributed by atoms with Gasteiger partial charge in [0.05, 0.1) is 18.9 Å². The lowest BCUT2D eigenvalue weighted by Gasteiger charge is -2.35. The molecule has 1 fully saturated rings. The minimum Gasteiger partial charge on any atom is -0.432 e. The van der Waals surface area contributed by atoms with Gasteiger partial charge in [0.25, 0.3) is 5.67 Å². The lowest BCUT2D eigenvalue weighted by Crippen LogP contribution is -2.64. The topological polar surface area (TPSA) is 82.1 Å². The average Bonchev–Trinajstić information content (AvgIpc) is 3.08. The number of carbonyl (C=O) groups excluding carboxylic acids is 2. The van der Waals surface area contributed by atoms with Crippen molar-refractivity contribution in [2.45, 2.75) is 93.7 Å². The molecule has 4 unspecified atom stereocenters. The Morgan fingerprint density at radius 2 is 1.55 bits per heavy atom. The van der Waals surface area contributed by atoms with E-state index in [2.05, 4.69) is 9.47 Å². The van der Waals surface area contributed by atoms with Crippen LogP contribution in [-0.2, 0) is 23.5 Å². The van der Waals surface area contributed by atoms with Crippen LogP contribution in [-0.4, -0.2) is 77.9 Å². The van der Waals surface area contributed by atoms with Gasteiger partial charge in [-0.25, -0.2) is 4.39 Å². The summed E-state index contributed by atoms with van der Waals surface area (Å²) in [5, 5.41) is 0. The van der Waals surface area contributed by atoms with Crippen molar-refractivity contribution >= 4 is 29.3 Å². The Kier molecular flexibility index (Phi) is 12.8. The predicted molar refractivity (Wildman–Crippen MR) is 121 cm³/mol. The van der Waals surface area contributed by atoms with E-state index in [9.17, 15) is 53.9 Å². The van der Waals surface area contributed by atoms with Crippen molar-refractivity contribution in [1.82, 2.24) is 0 Å². The quantitative estimate of drug-likeness (QED) is 0.0778. The molecule has 38 heavy (non-hydrogen) atoms. The van der Waals surface area contributed by atoms with E-state index in [1.165, 1.54) is 0 Å². The smallest absolute Gasteiger partial charge is 0.432 e. The summed E-state index contributed by atoms with van der Waals surface area (Å²) in [6.07, 6.45) is -10.9. The van der Waals surface area contributed by atoms with Crippen LogP contribution in [0.3, 0.4) is 0 Å².